The van der Waals surface area contributed by atoms with Crippen molar-refractivity contribution in [2.24, 2.45) is 5.92 Å². The molecule has 0 spiro atoms. The standard InChI is InChI=1S/C9H13N/c1-7-2-3-8-4-5-10-9(8)6-7/h3,6-7,10H,2,4-5H2,1H3. The molecule has 2 aliphatic rings. The summed E-state index contributed by atoms with van der Waals surface area (Å²) in [6, 6.07) is 0. The van der Waals surface area contributed by atoms with Crippen LogP contribution in [0.3, 0.4) is 0 Å². The van der Waals surface area contributed by atoms with E-state index in [1.807, 2.05) is 0 Å². The third-order valence-electron chi connectivity index (χ3n) is 2.24. The first kappa shape index (κ1) is 6.02. The Morgan fingerprint density at radius 3 is 3.40 bits per heavy atom. The molecule has 10 heavy (non-hydrogen) atoms. The average Bonchev–Trinajstić information content (AvgIpc) is 2.33. The van der Waals surface area contributed by atoms with Crippen molar-refractivity contribution in [1.82, 2.24) is 5.32 Å². The Morgan fingerprint density at radius 1 is 1.60 bits per heavy atom. The van der Waals surface area contributed by atoms with Gasteiger partial charge in [-0.2, -0.15) is 0 Å². The SMILES string of the molecule is CC1C=C2NCCC2=CC1. The monoisotopic (exact) mass is 135 g/mol. The van der Waals surface area contributed by atoms with E-state index in [2.05, 4.69) is 24.4 Å². The summed E-state index contributed by atoms with van der Waals surface area (Å²) in [6.45, 7) is 3.41. The van der Waals surface area contributed by atoms with Crippen LogP contribution >= 0.6 is 0 Å². The van der Waals surface area contributed by atoms with E-state index >= 15 is 0 Å². The zero-order valence-corrected chi connectivity index (χ0v) is 6.35. The van der Waals surface area contributed by atoms with Crippen LogP contribution in [0.5, 0.6) is 0 Å². The fourth-order valence-corrected chi connectivity index (χ4v) is 1.64. The summed E-state index contributed by atoms with van der Waals surface area (Å²) in [5.41, 5.74) is 2.94. The second-order valence-electron chi connectivity index (χ2n) is 3.20. The molecule has 54 valence electrons. The highest BCUT2D eigenvalue weighted by atomic mass is 14.9. The molecule has 0 aromatic carbocycles. The maximum Gasteiger partial charge on any atom is 0.0332 e. The van der Waals surface area contributed by atoms with Crippen LogP contribution in [0.1, 0.15) is 19.8 Å². The van der Waals surface area contributed by atoms with Crippen LogP contribution < -0.4 is 5.32 Å². The Hall–Kier alpha value is -0.720. The van der Waals surface area contributed by atoms with Gasteiger partial charge in [0.1, 0.15) is 0 Å². The van der Waals surface area contributed by atoms with Gasteiger partial charge in [-0.15, -0.1) is 0 Å². The van der Waals surface area contributed by atoms with Crippen LogP contribution in [-0.4, -0.2) is 6.54 Å². The van der Waals surface area contributed by atoms with Gasteiger partial charge in [0.05, 0.1) is 0 Å². The van der Waals surface area contributed by atoms with Gasteiger partial charge in [-0.3, -0.25) is 0 Å². The lowest BCUT2D eigenvalue weighted by atomic mass is 9.96. The van der Waals surface area contributed by atoms with Gasteiger partial charge in [-0.1, -0.05) is 19.1 Å². The summed E-state index contributed by atoms with van der Waals surface area (Å²) >= 11 is 0. The van der Waals surface area contributed by atoms with Crippen molar-refractivity contribution >= 4 is 0 Å². The third kappa shape index (κ3) is 0.859. The van der Waals surface area contributed by atoms with Crippen LogP contribution in [0.4, 0.5) is 0 Å². The van der Waals surface area contributed by atoms with Crippen molar-refractivity contribution in [3.8, 4) is 0 Å². The molecule has 0 bridgehead atoms. The first-order valence-corrected chi connectivity index (χ1v) is 4.01. The molecule has 0 radical (unpaired) electrons. The molecule has 1 N–H and O–H groups in total. The highest BCUT2D eigenvalue weighted by Crippen LogP contribution is 2.26. The molecule has 0 aromatic heterocycles. The van der Waals surface area contributed by atoms with E-state index in [-0.39, 0.29) is 0 Å². The second-order valence-corrected chi connectivity index (χ2v) is 3.20. The van der Waals surface area contributed by atoms with E-state index in [9.17, 15) is 0 Å². The third-order valence-corrected chi connectivity index (χ3v) is 2.24. The van der Waals surface area contributed by atoms with Gasteiger partial charge >= 0.3 is 0 Å². The number of rotatable bonds is 0. The van der Waals surface area contributed by atoms with Crippen molar-refractivity contribution in [2.75, 3.05) is 6.54 Å². The van der Waals surface area contributed by atoms with Crippen molar-refractivity contribution < 1.29 is 0 Å². The average molecular weight is 135 g/mol. The van der Waals surface area contributed by atoms with Gasteiger partial charge in [-0.25, -0.2) is 0 Å². The molecular weight excluding hydrogens is 122 g/mol. The first-order chi connectivity index (χ1) is 4.86. The van der Waals surface area contributed by atoms with Gasteiger partial charge in [0, 0.05) is 12.2 Å². The smallest absolute Gasteiger partial charge is 0.0332 e. The predicted molar refractivity (Wildman–Crippen MR) is 42.6 cm³/mol. The van der Waals surface area contributed by atoms with Crippen molar-refractivity contribution in [3.63, 3.8) is 0 Å². The summed E-state index contributed by atoms with van der Waals surface area (Å²) in [5, 5.41) is 3.38. The van der Waals surface area contributed by atoms with E-state index < -0.39 is 0 Å². The molecule has 1 atom stereocenters. The Bertz CT molecular complexity index is 201. The highest BCUT2D eigenvalue weighted by Gasteiger charge is 2.16. The summed E-state index contributed by atoms with van der Waals surface area (Å²) in [4.78, 5) is 0. The molecule has 1 aliphatic heterocycles. The minimum absolute atomic E-state index is 0.740. The quantitative estimate of drug-likeness (QED) is 0.534. The highest BCUT2D eigenvalue weighted by molar-refractivity contribution is 5.36. The normalized spacial score (nSPS) is 30.3. The number of allylic oxidation sites excluding steroid dienone is 3. The van der Waals surface area contributed by atoms with E-state index in [0.717, 1.165) is 12.5 Å². The predicted octanol–water partition coefficient (Wildman–Crippen LogP) is 1.83. The van der Waals surface area contributed by atoms with Gasteiger partial charge in [0.15, 0.2) is 0 Å². The Labute approximate surface area is 61.8 Å². The maximum atomic E-state index is 3.38. The fourth-order valence-electron chi connectivity index (χ4n) is 1.64. The second kappa shape index (κ2) is 2.15. The van der Waals surface area contributed by atoms with Crippen molar-refractivity contribution in [2.45, 2.75) is 19.8 Å². The Balaban J connectivity index is 2.27. The molecule has 1 saturated heterocycles. The zero-order valence-electron chi connectivity index (χ0n) is 6.35. The molecule has 1 fully saturated rings. The lowest BCUT2D eigenvalue weighted by molar-refractivity contribution is 0.717. The lowest BCUT2D eigenvalue weighted by Crippen LogP contribution is -2.07. The first-order valence-electron chi connectivity index (χ1n) is 4.01. The summed E-state index contributed by atoms with van der Waals surface area (Å²) in [5.74, 6) is 0.740. The molecule has 1 nitrogen and oxygen atoms in total. The largest absolute Gasteiger partial charge is 0.385 e. The maximum absolute atomic E-state index is 3.38. The van der Waals surface area contributed by atoms with Crippen LogP contribution in [0.15, 0.2) is 23.4 Å². The summed E-state index contributed by atoms with van der Waals surface area (Å²) < 4.78 is 0. The van der Waals surface area contributed by atoms with Crippen LogP contribution in [-0.2, 0) is 0 Å². The number of hydrogen-bond acceptors (Lipinski definition) is 1. The minimum atomic E-state index is 0.740. The molecule has 0 aromatic rings. The Morgan fingerprint density at radius 2 is 2.50 bits per heavy atom. The number of hydrogen-bond donors (Lipinski definition) is 1. The van der Waals surface area contributed by atoms with Crippen LogP contribution in [0.25, 0.3) is 0 Å². The minimum Gasteiger partial charge on any atom is -0.385 e. The molecule has 1 aliphatic carbocycles. The van der Waals surface area contributed by atoms with Gasteiger partial charge in [0.2, 0.25) is 0 Å². The summed E-state index contributed by atoms with van der Waals surface area (Å²) in [7, 11) is 0. The van der Waals surface area contributed by atoms with Crippen LogP contribution in [0.2, 0.25) is 0 Å². The molecule has 1 heterocycles. The zero-order chi connectivity index (χ0) is 6.97. The van der Waals surface area contributed by atoms with Crippen molar-refractivity contribution in [1.29, 1.82) is 0 Å². The molecular formula is C9H13N. The van der Waals surface area contributed by atoms with Gasteiger partial charge in [-0.05, 0) is 24.3 Å². The van der Waals surface area contributed by atoms with E-state index in [1.54, 1.807) is 0 Å². The molecule has 0 saturated carbocycles. The van der Waals surface area contributed by atoms with Gasteiger partial charge < -0.3 is 5.32 Å². The molecule has 1 heteroatoms. The van der Waals surface area contributed by atoms with Crippen molar-refractivity contribution in [3.05, 3.63) is 23.4 Å². The van der Waals surface area contributed by atoms with E-state index in [1.165, 1.54) is 24.1 Å². The topological polar surface area (TPSA) is 12.0 Å². The lowest BCUT2D eigenvalue weighted by Gasteiger charge is -2.12. The Kier molecular flexibility index (Phi) is 1.30. The fraction of sp³-hybridized carbons (Fsp3) is 0.556. The van der Waals surface area contributed by atoms with E-state index in [0.29, 0.717) is 0 Å². The van der Waals surface area contributed by atoms with E-state index in [4.69, 9.17) is 0 Å². The molecule has 2 rings (SSSR count). The van der Waals surface area contributed by atoms with Crippen LogP contribution in [0, 0.1) is 5.92 Å². The number of fused-ring (bicyclic) bond motifs is 1. The number of nitrogens with one attached hydrogen (secondary N) is 1. The van der Waals surface area contributed by atoms with Gasteiger partial charge in [0.25, 0.3) is 0 Å². The molecule has 1 unspecified atom stereocenters. The molecule has 0 amide bonds. The summed E-state index contributed by atoms with van der Waals surface area (Å²) in [6.07, 6.45) is 7.20.